The van der Waals surface area contributed by atoms with E-state index in [0.717, 1.165) is 32.5 Å². The molecular weight excluding hydrogens is 212 g/mol. The summed E-state index contributed by atoms with van der Waals surface area (Å²) in [6, 6.07) is 0. The summed E-state index contributed by atoms with van der Waals surface area (Å²) in [5.41, 5.74) is 5.61. The zero-order valence-electron chi connectivity index (χ0n) is 10.9. The molecule has 2 N–H and O–H groups in total. The van der Waals surface area contributed by atoms with Crippen LogP contribution in [0.2, 0.25) is 0 Å². The molecule has 3 nitrogen and oxygen atoms in total. The molecule has 0 spiro atoms. The minimum absolute atomic E-state index is 0.402. The van der Waals surface area contributed by atoms with Crippen molar-refractivity contribution in [1.82, 2.24) is 4.90 Å². The van der Waals surface area contributed by atoms with E-state index in [0.29, 0.717) is 17.7 Å². The standard InChI is InChI=1S/C14H26N2O/c15-8-7-13-6-3-9-16(11-13)14(17)10-12-4-1-2-5-12/h12-13H,1-11,15H2. The van der Waals surface area contributed by atoms with E-state index in [1.165, 1.54) is 38.5 Å². The maximum Gasteiger partial charge on any atom is 0.222 e. The monoisotopic (exact) mass is 238 g/mol. The van der Waals surface area contributed by atoms with Gasteiger partial charge in [0.05, 0.1) is 0 Å². The first-order chi connectivity index (χ1) is 8.29. The number of hydrogen-bond acceptors (Lipinski definition) is 2. The molecule has 0 aromatic heterocycles. The van der Waals surface area contributed by atoms with Gasteiger partial charge >= 0.3 is 0 Å². The zero-order chi connectivity index (χ0) is 12.1. The van der Waals surface area contributed by atoms with E-state index >= 15 is 0 Å². The molecule has 0 aromatic rings. The molecule has 1 saturated heterocycles. The number of nitrogens with two attached hydrogens (primary N) is 1. The molecule has 1 aliphatic carbocycles. The van der Waals surface area contributed by atoms with Gasteiger partial charge in [-0.2, -0.15) is 0 Å². The van der Waals surface area contributed by atoms with E-state index in [1.807, 2.05) is 0 Å². The van der Waals surface area contributed by atoms with Gasteiger partial charge in [-0.1, -0.05) is 12.8 Å². The summed E-state index contributed by atoms with van der Waals surface area (Å²) in [5, 5.41) is 0. The van der Waals surface area contributed by atoms with Gasteiger partial charge in [0.25, 0.3) is 0 Å². The molecule has 0 aromatic carbocycles. The van der Waals surface area contributed by atoms with Crippen molar-refractivity contribution in [3.05, 3.63) is 0 Å². The van der Waals surface area contributed by atoms with E-state index in [9.17, 15) is 4.79 Å². The van der Waals surface area contributed by atoms with E-state index in [4.69, 9.17) is 5.73 Å². The first-order valence-corrected chi connectivity index (χ1v) is 7.27. The van der Waals surface area contributed by atoms with Crippen LogP contribution in [0.15, 0.2) is 0 Å². The number of nitrogens with zero attached hydrogens (tertiary/aromatic N) is 1. The van der Waals surface area contributed by atoms with Crippen molar-refractivity contribution < 1.29 is 4.79 Å². The van der Waals surface area contributed by atoms with Crippen molar-refractivity contribution in [2.75, 3.05) is 19.6 Å². The molecule has 1 amide bonds. The summed E-state index contributed by atoms with van der Waals surface area (Å²) < 4.78 is 0. The third-order valence-electron chi connectivity index (χ3n) is 4.38. The van der Waals surface area contributed by atoms with Crippen molar-refractivity contribution in [2.24, 2.45) is 17.6 Å². The average molecular weight is 238 g/mol. The fourth-order valence-electron chi connectivity index (χ4n) is 3.35. The predicted octanol–water partition coefficient (Wildman–Crippen LogP) is 2.15. The first-order valence-electron chi connectivity index (χ1n) is 7.27. The van der Waals surface area contributed by atoms with Gasteiger partial charge in [-0.05, 0) is 50.5 Å². The van der Waals surface area contributed by atoms with Gasteiger partial charge in [0.1, 0.15) is 0 Å². The number of rotatable bonds is 4. The minimum Gasteiger partial charge on any atom is -0.342 e. The smallest absolute Gasteiger partial charge is 0.222 e. The van der Waals surface area contributed by atoms with E-state index < -0.39 is 0 Å². The molecule has 1 saturated carbocycles. The number of likely N-dealkylation sites (tertiary alicyclic amines) is 1. The Balaban J connectivity index is 1.77. The molecular formula is C14H26N2O. The van der Waals surface area contributed by atoms with Gasteiger partial charge in [-0.25, -0.2) is 0 Å². The van der Waals surface area contributed by atoms with Crippen molar-refractivity contribution in [1.29, 1.82) is 0 Å². The van der Waals surface area contributed by atoms with Crippen LogP contribution in [0.4, 0.5) is 0 Å². The highest BCUT2D eigenvalue weighted by Gasteiger charge is 2.26. The maximum atomic E-state index is 12.2. The number of carbonyl (C=O) groups excluding carboxylic acids is 1. The fraction of sp³-hybridized carbons (Fsp3) is 0.929. The summed E-state index contributed by atoms with van der Waals surface area (Å²) in [6.07, 6.45) is 9.49. The topological polar surface area (TPSA) is 46.3 Å². The third kappa shape index (κ3) is 3.70. The lowest BCUT2D eigenvalue weighted by Gasteiger charge is -2.33. The molecule has 0 radical (unpaired) electrons. The van der Waals surface area contributed by atoms with Crippen LogP contribution < -0.4 is 5.73 Å². The molecule has 0 bridgehead atoms. The Morgan fingerprint density at radius 1 is 1.12 bits per heavy atom. The second-order valence-electron chi connectivity index (χ2n) is 5.78. The summed E-state index contributed by atoms with van der Waals surface area (Å²) in [4.78, 5) is 14.3. The average Bonchev–Trinajstić information content (AvgIpc) is 2.83. The molecule has 2 fully saturated rings. The lowest BCUT2D eigenvalue weighted by Crippen LogP contribution is -2.40. The van der Waals surface area contributed by atoms with E-state index in [2.05, 4.69) is 4.90 Å². The second-order valence-corrected chi connectivity index (χ2v) is 5.78. The van der Waals surface area contributed by atoms with Crippen molar-refractivity contribution in [2.45, 2.75) is 51.4 Å². The summed E-state index contributed by atoms with van der Waals surface area (Å²) in [7, 11) is 0. The highest BCUT2D eigenvalue weighted by atomic mass is 16.2. The van der Waals surface area contributed by atoms with Gasteiger partial charge in [0.15, 0.2) is 0 Å². The van der Waals surface area contributed by atoms with Gasteiger partial charge in [0, 0.05) is 19.5 Å². The minimum atomic E-state index is 0.402. The van der Waals surface area contributed by atoms with Crippen LogP contribution in [0.3, 0.4) is 0 Å². The molecule has 98 valence electrons. The molecule has 3 heteroatoms. The molecule has 1 atom stereocenters. The molecule has 1 aliphatic heterocycles. The van der Waals surface area contributed by atoms with Crippen LogP contribution in [0.5, 0.6) is 0 Å². The molecule has 17 heavy (non-hydrogen) atoms. The largest absolute Gasteiger partial charge is 0.342 e. The quantitative estimate of drug-likeness (QED) is 0.815. The Bertz CT molecular complexity index is 247. The van der Waals surface area contributed by atoms with Crippen LogP contribution in [-0.4, -0.2) is 30.4 Å². The number of carbonyl (C=O) groups is 1. The van der Waals surface area contributed by atoms with Crippen LogP contribution in [0.25, 0.3) is 0 Å². The van der Waals surface area contributed by atoms with Crippen LogP contribution in [-0.2, 0) is 4.79 Å². The fourth-order valence-corrected chi connectivity index (χ4v) is 3.35. The van der Waals surface area contributed by atoms with Crippen molar-refractivity contribution in [3.63, 3.8) is 0 Å². The lowest BCUT2D eigenvalue weighted by atomic mass is 9.94. The van der Waals surface area contributed by atoms with Gasteiger partial charge < -0.3 is 10.6 Å². The van der Waals surface area contributed by atoms with Crippen LogP contribution in [0, 0.1) is 11.8 Å². The van der Waals surface area contributed by atoms with Crippen molar-refractivity contribution >= 4 is 5.91 Å². The van der Waals surface area contributed by atoms with Gasteiger partial charge in [-0.15, -0.1) is 0 Å². The molecule has 1 unspecified atom stereocenters. The summed E-state index contributed by atoms with van der Waals surface area (Å²) >= 11 is 0. The molecule has 2 aliphatic rings. The van der Waals surface area contributed by atoms with Crippen molar-refractivity contribution in [3.8, 4) is 0 Å². The summed E-state index contributed by atoms with van der Waals surface area (Å²) in [5.74, 6) is 1.73. The highest BCUT2D eigenvalue weighted by molar-refractivity contribution is 5.76. The number of amides is 1. The molecule has 1 heterocycles. The second kappa shape index (κ2) is 6.39. The Kier molecular flexibility index (Phi) is 4.84. The first kappa shape index (κ1) is 12.9. The maximum absolute atomic E-state index is 12.2. The van der Waals surface area contributed by atoms with E-state index in [-0.39, 0.29) is 0 Å². The third-order valence-corrected chi connectivity index (χ3v) is 4.38. The molecule has 2 rings (SSSR count). The van der Waals surface area contributed by atoms with Crippen LogP contribution in [0.1, 0.15) is 51.4 Å². The van der Waals surface area contributed by atoms with Gasteiger partial charge in [0.2, 0.25) is 5.91 Å². The van der Waals surface area contributed by atoms with Gasteiger partial charge in [-0.3, -0.25) is 4.79 Å². The lowest BCUT2D eigenvalue weighted by molar-refractivity contribution is -0.134. The zero-order valence-corrected chi connectivity index (χ0v) is 10.9. The predicted molar refractivity (Wildman–Crippen MR) is 69.6 cm³/mol. The Morgan fingerprint density at radius 2 is 1.82 bits per heavy atom. The Morgan fingerprint density at radius 3 is 2.53 bits per heavy atom. The Hall–Kier alpha value is -0.570. The normalized spacial score (nSPS) is 26.4. The SMILES string of the molecule is NCCC1CCCN(C(=O)CC2CCCC2)C1. The Labute approximate surface area is 105 Å². The number of piperidine rings is 1. The number of hydrogen-bond donors (Lipinski definition) is 1. The highest BCUT2D eigenvalue weighted by Crippen LogP contribution is 2.29. The van der Waals surface area contributed by atoms with Crippen LogP contribution >= 0.6 is 0 Å². The summed E-state index contributed by atoms with van der Waals surface area (Å²) in [6.45, 7) is 2.70. The van der Waals surface area contributed by atoms with E-state index in [1.54, 1.807) is 0 Å².